The van der Waals surface area contributed by atoms with E-state index in [1.165, 1.54) is 0 Å². The second kappa shape index (κ2) is 6.94. The third-order valence-electron chi connectivity index (χ3n) is 3.80. The number of amides is 1. The van der Waals surface area contributed by atoms with Crippen molar-refractivity contribution >= 4 is 21.8 Å². The van der Waals surface area contributed by atoms with Crippen LogP contribution in [0.1, 0.15) is 42.6 Å². The second-order valence-corrected chi connectivity index (χ2v) is 5.60. The molecule has 4 heteroatoms. The summed E-state index contributed by atoms with van der Waals surface area (Å²) in [6.45, 7) is 6.76. The van der Waals surface area contributed by atoms with Crippen molar-refractivity contribution in [3.63, 3.8) is 0 Å². The fraction of sp³-hybridized carbons (Fsp3) is 0.533. The molecule has 0 aliphatic carbocycles. The number of rotatable bonds is 6. The van der Waals surface area contributed by atoms with Crippen molar-refractivity contribution in [3.05, 3.63) is 29.3 Å². The van der Waals surface area contributed by atoms with Crippen LogP contribution in [0.4, 0.5) is 0 Å². The summed E-state index contributed by atoms with van der Waals surface area (Å²) in [6.07, 6.45) is 1.99. The molecule has 0 saturated heterocycles. The number of hydrogen-bond acceptors (Lipinski definition) is 2. The van der Waals surface area contributed by atoms with Crippen LogP contribution in [0.15, 0.2) is 18.2 Å². The minimum absolute atomic E-state index is 0.0283. The van der Waals surface area contributed by atoms with Gasteiger partial charge >= 0.3 is 0 Å². The van der Waals surface area contributed by atoms with Gasteiger partial charge < -0.3 is 10.4 Å². The molecule has 0 aromatic heterocycles. The number of benzene rings is 1. The Bertz CT molecular complexity index is 434. The van der Waals surface area contributed by atoms with Crippen LogP contribution in [0.25, 0.3) is 0 Å². The summed E-state index contributed by atoms with van der Waals surface area (Å²) in [6, 6.07) is 5.05. The molecule has 1 aromatic carbocycles. The molecule has 0 bridgehead atoms. The number of aromatic hydroxyl groups is 1. The van der Waals surface area contributed by atoms with Crippen molar-refractivity contribution in [2.24, 2.45) is 5.41 Å². The number of nitrogens with one attached hydrogen (secondary N) is 1. The fourth-order valence-corrected chi connectivity index (χ4v) is 2.92. The molecule has 19 heavy (non-hydrogen) atoms. The Morgan fingerprint density at radius 1 is 1.37 bits per heavy atom. The van der Waals surface area contributed by atoms with Crippen LogP contribution in [0.5, 0.6) is 5.75 Å². The average molecular weight is 328 g/mol. The fourth-order valence-electron chi connectivity index (χ4n) is 1.93. The smallest absolute Gasteiger partial charge is 0.255 e. The van der Waals surface area contributed by atoms with Gasteiger partial charge in [0.25, 0.3) is 5.91 Å². The molecule has 0 unspecified atom stereocenters. The van der Waals surface area contributed by atoms with Crippen LogP contribution in [0, 0.1) is 12.3 Å². The van der Waals surface area contributed by atoms with Gasteiger partial charge in [0.05, 0.1) is 5.56 Å². The van der Waals surface area contributed by atoms with Crippen LogP contribution in [-0.2, 0) is 0 Å². The number of halogens is 1. The van der Waals surface area contributed by atoms with Gasteiger partial charge in [-0.1, -0.05) is 41.4 Å². The topological polar surface area (TPSA) is 49.3 Å². The van der Waals surface area contributed by atoms with E-state index in [0.717, 1.165) is 23.7 Å². The maximum Gasteiger partial charge on any atom is 0.255 e. The number of hydrogen-bond donors (Lipinski definition) is 2. The molecule has 0 aliphatic rings. The van der Waals surface area contributed by atoms with Gasteiger partial charge in [-0.05, 0) is 37.3 Å². The van der Waals surface area contributed by atoms with Crippen molar-refractivity contribution in [1.29, 1.82) is 0 Å². The number of aryl methyl sites for hydroxylation is 1. The Morgan fingerprint density at radius 3 is 2.53 bits per heavy atom. The lowest BCUT2D eigenvalue weighted by molar-refractivity contribution is 0.0929. The highest BCUT2D eigenvalue weighted by Crippen LogP contribution is 2.28. The van der Waals surface area contributed by atoms with Crippen molar-refractivity contribution in [2.45, 2.75) is 33.6 Å². The van der Waals surface area contributed by atoms with Gasteiger partial charge in [-0.3, -0.25) is 4.79 Å². The molecule has 1 aromatic rings. The van der Waals surface area contributed by atoms with E-state index in [2.05, 4.69) is 35.1 Å². The van der Waals surface area contributed by atoms with E-state index >= 15 is 0 Å². The Hall–Kier alpha value is -1.03. The molecule has 0 fully saturated rings. The number of phenolic OH excluding ortho intramolecular Hbond substituents is 1. The summed E-state index contributed by atoms with van der Waals surface area (Å²) in [4.78, 5) is 12.1. The molecule has 2 N–H and O–H groups in total. The predicted molar refractivity (Wildman–Crippen MR) is 82.0 cm³/mol. The summed E-state index contributed by atoms with van der Waals surface area (Å²) in [7, 11) is 0. The lowest BCUT2D eigenvalue weighted by Gasteiger charge is -2.29. The zero-order valence-electron chi connectivity index (χ0n) is 11.8. The predicted octanol–water partition coefficient (Wildman–Crippen LogP) is 3.63. The molecule has 1 rings (SSSR count). The molecule has 0 spiro atoms. The van der Waals surface area contributed by atoms with Gasteiger partial charge in [-0.2, -0.15) is 0 Å². The molecule has 0 saturated carbocycles. The van der Waals surface area contributed by atoms with E-state index in [1.54, 1.807) is 18.2 Å². The molecule has 0 atom stereocenters. The van der Waals surface area contributed by atoms with Gasteiger partial charge in [0.15, 0.2) is 0 Å². The Morgan fingerprint density at radius 2 is 2.00 bits per heavy atom. The first-order chi connectivity index (χ1) is 8.98. The van der Waals surface area contributed by atoms with E-state index in [4.69, 9.17) is 0 Å². The molecule has 0 heterocycles. The number of carbonyl (C=O) groups is 1. The van der Waals surface area contributed by atoms with Gasteiger partial charge in [-0.25, -0.2) is 0 Å². The molecule has 0 radical (unpaired) electrons. The average Bonchev–Trinajstić information content (AvgIpc) is 2.43. The van der Waals surface area contributed by atoms with Crippen LogP contribution in [0.3, 0.4) is 0 Å². The third-order valence-corrected chi connectivity index (χ3v) is 4.99. The summed E-state index contributed by atoms with van der Waals surface area (Å²) in [5, 5.41) is 13.5. The largest absolute Gasteiger partial charge is 0.507 e. The van der Waals surface area contributed by atoms with Crippen LogP contribution in [-0.4, -0.2) is 22.9 Å². The highest BCUT2D eigenvalue weighted by atomic mass is 79.9. The quantitative estimate of drug-likeness (QED) is 0.784. The zero-order valence-corrected chi connectivity index (χ0v) is 13.4. The second-order valence-electron chi connectivity index (χ2n) is 5.04. The van der Waals surface area contributed by atoms with Crippen molar-refractivity contribution < 1.29 is 9.90 Å². The number of carbonyl (C=O) groups excluding carboxylic acids is 1. The van der Waals surface area contributed by atoms with Gasteiger partial charge in [0.2, 0.25) is 0 Å². The third kappa shape index (κ3) is 3.96. The zero-order chi connectivity index (χ0) is 14.5. The summed E-state index contributed by atoms with van der Waals surface area (Å²) >= 11 is 3.53. The molecule has 0 aliphatic heterocycles. The monoisotopic (exact) mass is 327 g/mol. The first-order valence-corrected chi connectivity index (χ1v) is 7.74. The Labute approximate surface area is 123 Å². The van der Waals surface area contributed by atoms with Crippen molar-refractivity contribution in [3.8, 4) is 5.75 Å². The standard InChI is InChI=1S/C15H22BrNO2/c1-4-15(5-2,9-16)10-17-14(19)12-8-11(3)6-7-13(12)18/h6-8,18H,4-5,9-10H2,1-3H3,(H,17,19). The SMILES string of the molecule is CCC(CC)(CBr)CNC(=O)c1cc(C)ccc1O. The molecular weight excluding hydrogens is 306 g/mol. The Balaban J connectivity index is 2.77. The minimum Gasteiger partial charge on any atom is -0.507 e. The van der Waals surface area contributed by atoms with E-state index in [-0.39, 0.29) is 17.1 Å². The van der Waals surface area contributed by atoms with Crippen LogP contribution < -0.4 is 5.32 Å². The lowest BCUT2D eigenvalue weighted by Crippen LogP contribution is -2.38. The maximum absolute atomic E-state index is 12.1. The first kappa shape index (κ1) is 16.0. The Kier molecular flexibility index (Phi) is 5.85. The normalized spacial score (nSPS) is 11.4. The van der Waals surface area contributed by atoms with Crippen LogP contribution >= 0.6 is 15.9 Å². The molecule has 106 valence electrons. The summed E-state index contributed by atoms with van der Waals surface area (Å²) in [5.41, 5.74) is 1.38. The van der Waals surface area contributed by atoms with Gasteiger partial charge in [0.1, 0.15) is 5.75 Å². The molecular formula is C15H22BrNO2. The maximum atomic E-state index is 12.1. The van der Waals surface area contributed by atoms with Crippen molar-refractivity contribution in [1.82, 2.24) is 5.32 Å². The minimum atomic E-state index is -0.214. The van der Waals surface area contributed by atoms with E-state index < -0.39 is 0 Å². The van der Waals surface area contributed by atoms with E-state index in [0.29, 0.717) is 12.1 Å². The molecule has 1 amide bonds. The van der Waals surface area contributed by atoms with Gasteiger partial charge in [0, 0.05) is 11.9 Å². The molecule has 3 nitrogen and oxygen atoms in total. The van der Waals surface area contributed by atoms with Crippen LogP contribution in [0.2, 0.25) is 0 Å². The summed E-state index contributed by atoms with van der Waals surface area (Å²) < 4.78 is 0. The first-order valence-electron chi connectivity index (χ1n) is 6.62. The van der Waals surface area contributed by atoms with E-state index in [1.807, 2.05) is 6.92 Å². The highest BCUT2D eigenvalue weighted by Gasteiger charge is 2.26. The van der Waals surface area contributed by atoms with Crippen molar-refractivity contribution in [2.75, 3.05) is 11.9 Å². The number of alkyl halides is 1. The van der Waals surface area contributed by atoms with Gasteiger partial charge in [-0.15, -0.1) is 0 Å². The lowest BCUT2D eigenvalue weighted by atomic mass is 9.84. The summed E-state index contributed by atoms with van der Waals surface area (Å²) in [5.74, 6) is -0.186. The number of phenols is 1. The highest BCUT2D eigenvalue weighted by molar-refractivity contribution is 9.09. The van der Waals surface area contributed by atoms with E-state index in [9.17, 15) is 9.90 Å².